The van der Waals surface area contributed by atoms with Gasteiger partial charge in [-0.15, -0.1) is 10.2 Å². The molecule has 3 heterocycles. The SMILES string of the molecule is Cn1cc(/C=C2/C(=O)N(S(=O)(=O)O)C2n2ccnn2)nn1. The topological polar surface area (TPSA) is 136 Å². The average Bonchev–Trinajstić information content (AvgIpc) is 3.02. The van der Waals surface area contributed by atoms with E-state index in [2.05, 4.69) is 20.6 Å². The molecule has 1 unspecified atom stereocenters. The molecule has 1 fully saturated rings. The van der Waals surface area contributed by atoms with E-state index in [4.69, 9.17) is 4.55 Å². The molecular formula is C9H9N7O4S. The van der Waals surface area contributed by atoms with E-state index in [0.29, 0.717) is 10.00 Å². The first-order valence-corrected chi connectivity index (χ1v) is 7.02. The van der Waals surface area contributed by atoms with Crippen molar-refractivity contribution < 1.29 is 17.8 Å². The second-order valence-electron chi connectivity index (χ2n) is 4.25. The van der Waals surface area contributed by atoms with Crippen LogP contribution in [0.2, 0.25) is 0 Å². The number of hydrogen-bond donors (Lipinski definition) is 1. The summed E-state index contributed by atoms with van der Waals surface area (Å²) in [5, 5.41) is 14.7. The van der Waals surface area contributed by atoms with Gasteiger partial charge in [0, 0.05) is 13.2 Å². The summed E-state index contributed by atoms with van der Waals surface area (Å²) < 4.78 is 34.5. The maximum Gasteiger partial charge on any atom is 0.364 e. The van der Waals surface area contributed by atoms with Crippen molar-refractivity contribution in [1.29, 1.82) is 0 Å². The summed E-state index contributed by atoms with van der Waals surface area (Å²) in [6.07, 6.45) is 4.53. The zero-order valence-corrected chi connectivity index (χ0v) is 11.4. The normalized spacial score (nSPS) is 20.9. The number of aromatic nitrogens is 6. The molecule has 0 radical (unpaired) electrons. The molecule has 1 atom stereocenters. The number of nitrogens with zero attached hydrogens (tertiary/aromatic N) is 7. The molecule has 2 aromatic heterocycles. The summed E-state index contributed by atoms with van der Waals surface area (Å²) >= 11 is 0. The van der Waals surface area contributed by atoms with Gasteiger partial charge in [0.05, 0.1) is 18.0 Å². The third-order valence-electron chi connectivity index (χ3n) is 2.81. The maximum absolute atomic E-state index is 11.9. The third kappa shape index (κ3) is 2.19. The minimum Gasteiger partial charge on any atom is -0.269 e. The quantitative estimate of drug-likeness (QED) is 0.416. The molecule has 2 aromatic rings. The van der Waals surface area contributed by atoms with Gasteiger partial charge in [-0.25, -0.2) is 4.68 Å². The van der Waals surface area contributed by atoms with Crippen molar-refractivity contribution in [3.8, 4) is 0 Å². The summed E-state index contributed by atoms with van der Waals surface area (Å²) in [7, 11) is -3.05. The van der Waals surface area contributed by atoms with E-state index in [0.717, 1.165) is 4.68 Å². The van der Waals surface area contributed by atoms with Crippen molar-refractivity contribution >= 4 is 22.3 Å². The molecule has 0 aliphatic carbocycles. The van der Waals surface area contributed by atoms with Crippen LogP contribution in [0.4, 0.5) is 0 Å². The largest absolute Gasteiger partial charge is 0.364 e. The van der Waals surface area contributed by atoms with Crippen molar-refractivity contribution in [1.82, 2.24) is 34.3 Å². The van der Waals surface area contributed by atoms with Crippen molar-refractivity contribution in [2.45, 2.75) is 6.17 Å². The monoisotopic (exact) mass is 311 g/mol. The molecule has 0 spiro atoms. The molecule has 1 aliphatic heterocycles. The molecule has 21 heavy (non-hydrogen) atoms. The Bertz CT molecular complexity index is 822. The van der Waals surface area contributed by atoms with Crippen LogP contribution in [-0.2, 0) is 22.1 Å². The zero-order chi connectivity index (χ0) is 15.2. The molecule has 110 valence electrons. The molecule has 3 rings (SSSR count). The molecular weight excluding hydrogens is 302 g/mol. The zero-order valence-electron chi connectivity index (χ0n) is 10.6. The van der Waals surface area contributed by atoms with Crippen LogP contribution in [0.25, 0.3) is 6.08 Å². The van der Waals surface area contributed by atoms with E-state index in [1.165, 1.54) is 23.2 Å². The molecule has 0 saturated carbocycles. The lowest BCUT2D eigenvalue weighted by atomic mass is 10.0. The van der Waals surface area contributed by atoms with E-state index in [9.17, 15) is 13.2 Å². The standard InChI is InChI=1S/C9H9N7O4S/c1-14-5-6(11-13-14)4-7-8(15-3-2-10-12-15)16(9(7)17)21(18,19)20/h2-5,8H,1H3,(H,18,19,20)/b7-4+. The van der Waals surface area contributed by atoms with Gasteiger partial charge in [0.2, 0.25) is 0 Å². The highest BCUT2D eigenvalue weighted by Crippen LogP contribution is 2.37. The smallest absolute Gasteiger partial charge is 0.269 e. The third-order valence-corrected chi connectivity index (χ3v) is 3.67. The summed E-state index contributed by atoms with van der Waals surface area (Å²) in [4.78, 5) is 11.9. The molecule has 1 N–H and O–H groups in total. The van der Waals surface area contributed by atoms with Crippen LogP contribution in [0, 0.1) is 0 Å². The number of aryl methyl sites for hydroxylation is 1. The first-order valence-electron chi connectivity index (χ1n) is 5.63. The van der Waals surface area contributed by atoms with Gasteiger partial charge >= 0.3 is 10.3 Å². The Kier molecular flexibility index (Phi) is 2.84. The summed E-state index contributed by atoms with van der Waals surface area (Å²) in [5.74, 6) is -0.858. The molecule has 0 bridgehead atoms. The number of amides is 1. The number of carbonyl (C=O) groups is 1. The Morgan fingerprint density at radius 2 is 2.14 bits per heavy atom. The molecule has 1 aliphatic rings. The highest BCUT2D eigenvalue weighted by Gasteiger charge is 2.50. The van der Waals surface area contributed by atoms with Gasteiger partial charge in [0.1, 0.15) is 5.69 Å². The van der Waals surface area contributed by atoms with Crippen LogP contribution in [0.3, 0.4) is 0 Å². The fraction of sp³-hybridized carbons (Fsp3) is 0.222. The first kappa shape index (κ1) is 13.4. The Morgan fingerprint density at radius 1 is 1.38 bits per heavy atom. The van der Waals surface area contributed by atoms with Gasteiger partial charge in [0.25, 0.3) is 5.91 Å². The fourth-order valence-electron chi connectivity index (χ4n) is 1.96. The van der Waals surface area contributed by atoms with Crippen LogP contribution in [-0.4, -0.2) is 53.2 Å². The van der Waals surface area contributed by atoms with Gasteiger partial charge in [-0.3, -0.25) is 14.0 Å². The van der Waals surface area contributed by atoms with Gasteiger partial charge < -0.3 is 0 Å². The van der Waals surface area contributed by atoms with Crippen LogP contribution in [0.1, 0.15) is 11.9 Å². The van der Waals surface area contributed by atoms with Crippen LogP contribution >= 0.6 is 0 Å². The number of carbonyl (C=O) groups excluding carboxylic acids is 1. The predicted octanol–water partition coefficient (Wildman–Crippen LogP) is -1.37. The van der Waals surface area contributed by atoms with Gasteiger partial charge in [-0.05, 0) is 6.08 Å². The van der Waals surface area contributed by atoms with E-state index in [1.807, 2.05) is 0 Å². The minimum absolute atomic E-state index is 0.0959. The summed E-state index contributed by atoms with van der Waals surface area (Å²) in [6.45, 7) is 0. The molecule has 0 aromatic carbocycles. The second kappa shape index (κ2) is 4.46. The molecule has 1 saturated heterocycles. The predicted molar refractivity (Wildman–Crippen MR) is 66.4 cm³/mol. The molecule has 12 heteroatoms. The van der Waals surface area contributed by atoms with E-state index >= 15 is 0 Å². The Labute approximate surface area is 118 Å². The number of rotatable bonds is 3. The van der Waals surface area contributed by atoms with Crippen molar-refractivity contribution in [3.63, 3.8) is 0 Å². The summed E-state index contributed by atoms with van der Waals surface area (Å²) in [5.41, 5.74) is 0.472. The Morgan fingerprint density at radius 3 is 2.67 bits per heavy atom. The lowest BCUT2D eigenvalue weighted by Crippen LogP contribution is -2.54. The van der Waals surface area contributed by atoms with Gasteiger partial charge in [-0.1, -0.05) is 10.4 Å². The Balaban J connectivity index is 2.04. The summed E-state index contributed by atoms with van der Waals surface area (Å²) in [6, 6.07) is 0. The van der Waals surface area contributed by atoms with Crippen molar-refractivity contribution in [3.05, 3.63) is 29.9 Å². The minimum atomic E-state index is -4.70. The molecule has 1 amide bonds. The van der Waals surface area contributed by atoms with Crippen LogP contribution < -0.4 is 0 Å². The van der Waals surface area contributed by atoms with Crippen molar-refractivity contribution in [2.75, 3.05) is 0 Å². The van der Waals surface area contributed by atoms with E-state index < -0.39 is 22.4 Å². The highest BCUT2D eigenvalue weighted by atomic mass is 32.2. The van der Waals surface area contributed by atoms with Crippen molar-refractivity contribution in [2.24, 2.45) is 7.05 Å². The lowest BCUT2D eigenvalue weighted by molar-refractivity contribution is -0.133. The average molecular weight is 311 g/mol. The van der Waals surface area contributed by atoms with Gasteiger partial charge in [-0.2, -0.15) is 12.7 Å². The van der Waals surface area contributed by atoms with Crippen LogP contribution in [0.15, 0.2) is 24.2 Å². The van der Waals surface area contributed by atoms with E-state index in [1.54, 1.807) is 13.2 Å². The van der Waals surface area contributed by atoms with Gasteiger partial charge in [0.15, 0.2) is 6.17 Å². The number of β-lactam (4-membered cyclic amide) rings is 1. The maximum atomic E-state index is 11.9. The van der Waals surface area contributed by atoms with E-state index in [-0.39, 0.29) is 5.57 Å². The fourth-order valence-corrected chi connectivity index (χ4v) is 2.74. The second-order valence-corrected chi connectivity index (χ2v) is 5.54. The molecule has 11 nitrogen and oxygen atoms in total. The Hall–Kier alpha value is -2.60. The lowest BCUT2D eigenvalue weighted by Gasteiger charge is -2.38. The highest BCUT2D eigenvalue weighted by molar-refractivity contribution is 7.84. The first-order chi connectivity index (χ1) is 9.88. The van der Waals surface area contributed by atoms with Crippen LogP contribution in [0.5, 0.6) is 0 Å². The number of hydrogen-bond acceptors (Lipinski definition) is 7.